The van der Waals surface area contributed by atoms with Crippen molar-refractivity contribution >= 4 is 0 Å². The van der Waals surface area contributed by atoms with Crippen LogP contribution >= 0.6 is 0 Å². The third-order valence-corrected chi connectivity index (χ3v) is 10.5. The minimum Gasteiger partial charge on any atom is -0.252 e. The van der Waals surface area contributed by atoms with Crippen LogP contribution in [0.4, 0.5) is 0 Å². The molecule has 0 saturated heterocycles. The van der Waals surface area contributed by atoms with Gasteiger partial charge in [-0.3, -0.25) is 5.26 Å². The van der Waals surface area contributed by atoms with E-state index in [9.17, 15) is 5.26 Å². The maximum atomic E-state index is 9.20. The van der Waals surface area contributed by atoms with Gasteiger partial charge in [0.15, 0.2) is 0 Å². The van der Waals surface area contributed by atoms with Crippen molar-refractivity contribution in [3.8, 4) is 0 Å². The highest BCUT2D eigenvalue weighted by Gasteiger charge is 2.58. The lowest BCUT2D eigenvalue weighted by atomic mass is 9.47. The number of hydrogen-bond acceptors (Lipinski definition) is 2. The van der Waals surface area contributed by atoms with Crippen molar-refractivity contribution in [1.29, 1.82) is 0 Å². The molecule has 1 N–H and O–H groups in total. The van der Waals surface area contributed by atoms with E-state index in [4.69, 9.17) is 4.89 Å². The fourth-order valence-corrected chi connectivity index (χ4v) is 8.62. The molecule has 7 unspecified atom stereocenters. The van der Waals surface area contributed by atoms with Gasteiger partial charge in [0, 0.05) is 0 Å². The largest absolute Gasteiger partial charge is 0.252 e. The standard InChI is InChI=1S/C28H46O2/c1-6-20(19(2)3)8-7-9-21-11-13-25-24-12-10-22-18-23(30-29)14-16-28(22,5)26(24)15-17-27(21,25)4/h6,10,19,21,23-26,29H,7-9,11-18H2,1-5H3/b20-6-. The summed E-state index contributed by atoms with van der Waals surface area (Å²) in [5.41, 5.74) is 4.18. The second-order valence-corrected chi connectivity index (χ2v) is 12.0. The van der Waals surface area contributed by atoms with Crippen LogP contribution in [0.15, 0.2) is 23.3 Å². The molecule has 2 heteroatoms. The SMILES string of the molecule is C/C=C(/CCCC1CCC2C3CC=C4CC(OO)CCC4(C)C3CCC12C)C(C)C. The zero-order valence-corrected chi connectivity index (χ0v) is 20.3. The molecule has 4 aliphatic rings. The summed E-state index contributed by atoms with van der Waals surface area (Å²) in [5.74, 6) is 4.30. The van der Waals surface area contributed by atoms with E-state index in [-0.39, 0.29) is 6.10 Å². The summed E-state index contributed by atoms with van der Waals surface area (Å²) in [4.78, 5) is 4.75. The molecule has 0 aromatic carbocycles. The lowest BCUT2D eigenvalue weighted by Gasteiger charge is -2.58. The zero-order chi connectivity index (χ0) is 21.5. The molecule has 2 nitrogen and oxygen atoms in total. The molecule has 4 aliphatic carbocycles. The first kappa shape index (κ1) is 22.6. The molecule has 0 aliphatic heterocycles. The Morgan fingerprint density at radius 1 is 1.17 bits per heavy atom. The van der Waals surface area contributed by atoms with Gasteiger partial charge >= 0.3 is 0 Å². The highest BCUT2D eigenvalue weighted by molar-refractivity contribution is 5.25. The molecule has 4 rings (SSSR count). The van der Waals surface area contributed by atoms with Gasteiger partial charge in [0.05, 0.1) is 6.10 Å². The van der Waals surface area contributed by atoms with Crippen molar-refractivity contribution in [3.63, 3.8) is 0 Å². The molecule has 0 radical (unpaired) electrons. The van der Waals surface area contributed by atoms with Gasteiger partial charge in [0.1, 0.15) is 0 Å². The summed E-state index contributed by atoms with van der Waals surface area (Å²) in [6, 6.07) is 0. The van der Waals surface area contributed by atoms with E-state index >= 15 is 0 Å². The van der Waals surface area contributed by atoms with Crippen molar-refractivity contribution in [2.24, 2.45) is 40.4 Å². The van der Waals surface area contributed by atoms with E-state index in [0.717, 1.165) is 36.5 Å². The Labute approximate surface area is 185 Å². The van der Waals surface area contributed by atoms with Gasteiger partial charge < -0.3 is 0 Å². The van der Waals surface area contributed by atoms with Gasteiger partial charge in [-0.15, -0.1) is 0 Å². The molecule has 30 heavy (non-hydrogen) atoms. The van der Waals surface area contributed by atoms with Crippen molar-refractivity contribution in [2.45, 2.75) is 111 Å². The second kappa shape index (κ2) is 8.74. The van der Waals surface area contributed by atoms with E-state index in [1.54, 1.807) is 11.1 Å². The van der Waals surface area contributed by atoms with Crippen LogP contribution in [-0.2, 0) is 4.89 Å². The van der Waals surface area contributed by atoms with Gasteiger partial charge in [0.25, 0.3) is 0 Å². The molecule has 0 heterocycles. The fourth-order valence-electron chi connectivity index (χ4n) is 8.62. The third kappa shape index (κ3) is 3.75. The first-order chi connectivity index (χ1) is 14.3. The molecule has 0 aromatic rings. The minimum atomic E-state index is 0.0264. The molecule has 0 bridgehead atoms. The highest BCUT2D eigenvalue weighted by atomic mass is 17.1. The maximum Gasteiger partial charge on any atom is 0.0964 e. The Balaban J connectivity index is 1.44. The van der Waals surface area contributed by atoms with E-state index in [1.807, 2.05) is 0 Å². The summed E-state index contributed by atoms with van der Waals surface area (Å²) in [6.45, 7) is 12.1. The maximum absolute atomic E-state index is 9.20. The average Bonchev–Trinajstić information content (AvgIpc) is 3.06. The van der Waals surface area contributed by atoms with Crippen LogP contribution < -0.4 is 0 Å². The second-order valence-electron chi connectivity index (χ2n) is 12.0. The van der Waals surface area contributed by atoms with E-state index in [1.165, 1.54) is 57.8 Å². The predicted octanol–water partition coefficient (Wildman–Crippen LogP) is 8.20. The summed E-state index contributed by atoms with van der Waals surface area (Å²) >= 11 is 0. The molecule has 0 aromatic heterocycles. The Hall–Kier alpha value is -0.600. The van der Waals surface area contributed by atoms with Gasteiger partial charge in [-0.1, -0.05) is 51.0 Å². The topological polar surface area (TPSA) is 29.5 Å². The highest BCUT2D eigenvalue weighted by Crippen LogP contribution is 2.66. The van der Waals surface area contributed by atoms with Crippen LogP contribution in [0.5, 0.6) is 0 Å². The quantitative estimate of drug-likeness (QED) is 0.269. The normalized spacial score (nSPS) is 43.8. The fraction of sp³-hybridized carbons (Fsp3) is 0.857. The van der Waals surface area contributed by atoms with Crippen molar-refractivity contribution in [2.75, 3.05) is 0 Å². The molecule has 170 valence electrons. The van der Waals surface area contributed by atoms with Crippen LogP contribution in [0.3, 0.4) is 0 Å². The molecular weight excluding hydrogens is 368 g/mol. The third-order valence-electron chi connectivity index (χ3n) is 10.5. The minimum absolute atomic E-state index is 0.0264. The van der Waals surface area contributed by atoms with Gasteiger partial charge in [-0.25, -0.2) is 4.89 Å². The molecule has 3 fully saturated rings. The van der Waals surface area contributed by atoms with Gasteiger partial charge in [-0.2, -0.15) is 0 Å². The molecule has 0 spiro atoms. The van der Waals surface area contributed by atoms with Crippen molar-refractivity contribution in [3.05, 3.63) is 23.3 Å². The van der Waals surface area contributed by atoms with Crippen LogP contribution in [0.2, 0.25) is 0 Å². The van der Waals surface area contributed by atoms with Crippen molar-refractivity contribution < 1.29 is 10.1 Å². The first-order valence-electron chi connectivity index (χ1n) is 13.0. The Bertz CT molecular complexity index is 676. The molecule has 7 atom stereocenters. The summed E-state index contributed by atoms with van der Waals surface area (Å²) < 4.78 is 0. The smallest absolute Gasteiger partial charge is 0.0964 e. The van der Waals surface area contributed by atoms with Crippen LogP contribution in [0.25, 0.3) is 0 Å². The predicted molar refractivity (Wildman–Crippen MR) is 125 cm³/mol. The number of rotatable bonds is 6. The summed E-state index contributed by atoms with van der Waals surface area (Å²) in [6.07, 6.45) is 19.3. The first-order valence-corrected chi connectivity index (χ1v) is 13.0. The number of hydrogen-bond donors (Lipinski definition) is 1. The molecular formula is C28H46O2. The Morgan fingerprint density at radius 3 is 2.67 bits per heavy atom. The lowest BCUT2D eigenvalue weighted by molar-refractivity contribution is -0.284. The van der Waals surface area contributed by atoms with E-state index in [2.05, 4.69) is 46.8 Å². The average molecular weight is 415 g/mol. The van der Waals surface area contributed by atoms with Gasteiger partial charge in [0.2, 0.25) is 0 Å². The van der Waals surface area contributed by atoms with Crippen molar-refractivity contribution in [1.82, 2.24) is 0 Å². The summed E-state index contributed by atoms with van der Waals surface area (Å²) in [5, 5.41) is 9.20. The van der Waals surface area contributed by atoms with Crippen LogP contribution in [-0.4, -0.2) is 11.4 Å². The molecule has 3 saturated carbocycles. The van der Waals surface area contributed by atoms with Crippen LogP contribution in [0.1, 0.15) is 105 Å². The van der Waals surface area contributed by atoms with Crippen LogP contribution in [0, 0.1) is 40.4 Å². The summed E-state index contributed by atoms with van der Waals surface area (Å²) in [7, 11) is 0. The van der Waals surface area contributed by atoms with Gasteiger partial charge in [-0.05, 0) is 118 Å². The lowest BCUT2D eigenvalue weighted by Crippen LogP contribution is -2.50. The van der Waals surface area contributed by atoms with E-state index < -0.39 is 0 Å². The Kier molecular flexibility index (Phi) is 6.58. The van der Waals surface area contributed by atoms with E-state index in [0.29, 0.717) is 16.7 Å². The Morgan fingerprint density at radius 2 is 1.97 bits per heavy atom. The molecule has 0 amide bonds. The number of allylic oxidation sites excluding steroid dienone is 3. The zero-order valence-electron chi connectivity index (χ0n) is 20.3. The monoisotopic (exact) mass is 414 g/mol. The number of fused-ring (bicyclic) bond motifs is 5.